The Balaban J connectivity index is 4.11. The fourth-order valence-electron chi connectivity index (χ4n) is 1.13. The number of hydrogen-bond donors (Lipinski definition) is 1. The molecule has 3 nitrogen and oxygen atoms in total. The van der Waals surface area contributed by atoms with Gasteiger partial charge in [0.1, 0.15) is 5.60 Å². The highest BCUT2D eigenvalue weighted by Gasteiger charge is 2.24. The van der Waals surface area contributed by atoms with Crippen molar-refractivity contribution in [2.24, 2.45) is 11.8 Å². The van der Waals surface area contributed by atoms with Crippen LogP contribution in [-0.2, 0) is 9.53 Å². The first kappa shape index (κ1) is 14.4. The Bertz CT molecular complexity index is 203. The molecule has 0 aromatic rings. The standard InChI is InChI=1S/C12H24O3/c1-8(2)10(13)7-9(3)11(14)15-12(4,5)6/h8-10,13H,7H2,1-6H3. The van der Waals surface area contributed by atoms with Gasteiger partial charge in [0.2, 0.25) is 0 Å². The molecule has 0 aromatic carbocycles. The molecule has 3 heteroatoms. The van der Waals surface area contributed by atoms with Crippen LogP contribution in [0.25, 0.3) is 0 Å². The van der Waals surface area contributed by atoms with Gasteiger partial charge in [-0.3, -0.25) is 4.79 Å². The number of carbonyl (C=O) groups is 1. The van der Waals surface area contributed by atoms with Crippen molar-refractivity contribution >= 4 is 5.97 Å². The maximum atomic E-state index is 11.6. The summed E-state index contributed by atoms with van der Waals surface area (Å²) in [6.45, 7) is 11.2. The largest absolute Gasteiger partial charge is 0.460 e. The molecule has 2 unspecified atom stereocenters. The first-order chi connectivity index (χ1) is 6.63. The molecule has 0 saturated carbocycles. The van der Waals surface area contributed by atoms with E-state index in [0.717, 1.165) is 0 Å². The first-order valence-electron chi connectivity index (χ1n) is 5.54. The molecule has 0 heterocycles. The lowest BCUT2D eigenvalue weighted by Crippen LogP contribution is -2.30. The molecule has 90 valence electrons. The Hall–Kier alpha value is -0.570. The van der Waals surface area contributed by atoms with Gasteiger partial charge < -0.3 is 9.84 Å². The summed E-state index contributed by atoms with van der Waals surface area (Å²) in [5, 5.41) is 9.64. The summed E-state index contributed by atoms with van der Waals surface area (Å²) in [7, 11) is 0. The topological polar surface area (TPSA) is 46.5 Å². The molecule has 0 spiro atoms. The Labute approximate surface area is 92.8 Å². The lowest BCUT2D eigenvalue weighted by molar-refractivity contribution is -0.160. The highest BCUT2D eigenvalue weighted by molar-refractivity contribution is 5.72. The fraction of sp³-hybridized carbons (Fsp3) is 0.917. The van der Waals surface area contributed by atoms with E-state index in [1.54, 1.807) is 6.92 Å². The zero-order valence-corrected chi connectivity index (χ0v) is 10.7. The summed E-state index contributed by atoms with van der Waals surface area (Å²) >= 11 is 0. The van der Waals surface area contributed by atoms with Gasteiger partial charge >= 0.3 is 5.97 Å². The van der Waals surface area contributed by atoms with Crippen LogP contribution in [0.15, 0.2) is 0 Å². The van der Waals surface area contributed by atoms with Crippen molar-refractivity contribution in [1.82, 2.24) is 0 Å². The number of aliphatic hydroxyl groups excluding tert-OH is 1. The normalized spacial score (nSPS) is 16.3. The zero-order valence-electron chi connectivity index (χ0n) is 10.7. The summed E-state index contributed by atoms with van der Waals surface area (Å²) in [4.78, 5) is 11.6. The second kappa shape index (κ2) is 5.50. The van der Waals surface area contributed by atoms with Gasteiger partial charge in [-0.1, -0.05) is 20.8 Å². The lowest BCUT2D eigenvalue weighted by Gasteiger charge is -2.24. The predicted molar refractivity (Wildman–Crippen MR) is 60.5 cm³/mol. The SMILES string of the molecule is CC(CC(O)C(C)C)C(=O)OC(C)(C)C. The maximum absolute atomic E-state index is 11.6. The van der Waals surface area contributed by atoms with Crippen LogP contribution in [0, 0.1) is 11.8 Å². The summed E-state index contributed by atoms with van der Waals surface area (Å²) < 4.78 is 5.23. The van der Waals surface area contributed by atoms with Crippen LogP contribution in [-0.4, -0.2) is 22.8 Å². The molecule has 0 bridgehead atoms. The monoisotopic (exact) mass is 216 g/mol. The van der Waals surface area contributed by atoms with Gasteiger partial charge in [-0.05, 0) is 33.1 Å². The Morgan fingerprint density at radius 3 is 2.07 bits per heavy atom. The molecule has 0 amide bonds. The molecule has 1 N–H and O–H groups in total. The second-order valence-corrected chi connectivity index (χ2v) is 5.48. The predicted octanol–water partition coefficient (Wildman–Crippen LogP) is 2.37. The molecule has 0 radical (unpaired) electrons. The van der Waals surface area contributed by atoms with E-state index in [4.69, 9.17) is 4.74 Å². The molecule has 0 fully saturated rings. The van der Waals surface area contributed by atoms with Crippen molar-refractivity contribution in [3.8, 4) is 0 Å². The highest BCUT2D eigenvalue weighted by Crippen LogP contribution is 2.17. The molecule has 0 rings (SSSR count). The van der Waals surface area contributed by atoms with E-state index in [1.807, 2.05) is 34.6 Å². The van der Waals surface area contributed by atoms with E-state index in [0.29, 0.717) is 6.42 Å². The summed E-state index contributed by atoms with van der Waals surface area (Å²) in [5.41, 5.74) is -0.450. The van der Waals surface area contributed by atoms with Gasteiger partial charge in [0, 0.05) is 0 Å². The van der Waals surface area contributed by atoms with Crippen LogP contribution in [0.4, 0.5) is 0 Å². The molecule has 15 heavy (non-hydrogen) atoms. The minimum atomic E-state index is -0.450. The number of carbonyl (C=O) groups excluding carboxylic acids is 1. The third-order valence-electron chi connectivity index (χ3n) is 2.17. The third kappa shape index (κ3) is 6.50. The van der Waals surface area contributed by atoms with E-state index >= 15 is 0 Å². The summed E-state index contributed by atoms with van der Waals surface area (Å²) in [6.07, 6.45) is 0.0274. The van der Waals surface area contributed by atoms with Crippen LogP contribution in [0.1, 0.15) is 48.0 Å². The second-order valence-electron chi connectivity index (χ2n) is 5.48. The molecule has 0 saturated heterocycles. The Morgan fingerprint density at radius 1 is 1.27 bits per heavy atom. The number of rotatable bonds is 4. The Kier molecular flexibility index (Phi) is 5.29. The number of esters is 1. The van der Waals surface area contributed by atoms with Gasteiger partial charge in [0.15, 0.2) is 0 Å². The summed E-state index contributed by atoms with van der Waals surface area (Å²) in [6, 6.07) is 0. The van der Waals surface area contributed by atoms with E-state index in [-0.39, 0.29) is 17.8 Å². The van der Waals surface area contributed by atoms with Crippen molar-refractivity contribution in [3.63, 3.8) is 0 Å². The molecule has 0 aliphatic rings. The average Bonchev–Trinajstić information content (AvgIpc) is 2.00. The molecular weight excluding hydrogens is 192 g/mol. The smallest absolute Gasteiger partial charge is 0.309 e. The van der Waals surface area contributed by atoms with Crippen LogP contribution < -0.4 is 0 Å². The van der Waals surface area contributed by atoms with Crippen molar-refractivity contribution < 1.29 is 14.6 Å². The fourth-order valence-corrected chi connectivity index (χ4v) is 1.13. The minimum absolute atomic E-state index is 0.176. The van der Waals surface area contributed by atoms with Crippen molar-refractivity contribution in [3.05, 3.63) is 0 Å². The molecule has 0 aliphatic heterocycles. The lowest BCUT2D eigenvalue weighted by atomic mass is 9.96. The summed E-state index contributed by atoms with van der Waals surface area (Å²) in [5.74, 6) is -0.307. The van der Waals surface area contributed by atoms with Gasteiger partial charge in [-0.15, -0.1) is 0 Å². The molecular formula is C12H24O3. The van der Waals surface area contributed by atoms with Gasteiger partial charge in [-0.25, -0.2) is 0 Å². The first-order valence-corrected chi connectivity index (χ1v) is 5.54. The molecule has 0 aliphatic carbocycles. The van der Waals surface area contributed by atoms with Crippen LogP contribution in [0.5, 0.6) is 0 Å². The maximum Gasteiger partial charge on any atom is 0.309 e. The highest BCUT2D eigenvalue weighted by atomic mass is 16.6. The zero-order chi connectivity index (χ0) is 12.2. The molecule has 0 aromatic heterocycles. The number of aliphatic hydroxyl groups is 1. The quantitative estimate of drug-likeness (QED) is 0.734. The van der Waals surface area contributed by atoms with Gasteiger partial charge in [-0.2, -0.15) is 0 Å². The average molecular weight is 216 g/mol. The third-order valence-corrected chi connectivity index (χ3v) is 2.17. The van der Waals surface area contributed by atoms with E-state index in [1.165, 1.54) is 0 Å². The van der Waals surface area contributed by atoms with Crippen LogP contribution >= 0.6 is 0 Å². The van der Waals surface area contributed by atoms with E-state index < -0.39 is 11.7 Å². The Morgan fingerprint density at radius 2 is 1.73 bits per heavy atom. The number of hydrogen-bond acceptors (Lipinski definition) is 3. The van der Waals surface area contributed by atoms with E-state index in [2.05, 4.69) is 0 Å². The molecule has 2 atom stereocenters. The van der Waals surface area contributed by atoms with Crippen molar-refractivity contribution in [2.45, 2.75) is 59.7 Å². The van der Waals surface area contributed by atoms with Crippen LogP contribution in [0.3, 0.4) is 0 Å². The van der Waals surface area contributed by atoms with Crippen LogP contribution in [0.2, 0.25) is 0 Å². The van der Waals surface area contributed by atoms with E-state index in [9.17, 15) is 9.90 Å². The van der Waals surface area contributed by atoms with Crippen molar-refractivity contribution in [1.29, 1.82) is 0 Å². The van der Waals surface area contributed by atoms with Gasteiger partial charge in [0.25, 0.3) is 0 Å². The van der Waals surface area contributed by atoms with Crippen molar-refractivity contribution in [2.75, 3.05) is 0 Å². The number of ether oxygens (including phenoxy) is 1. The van der Waals surface area contributed by atoms with Gasteiger partial charge in [0.05, 0.1) is 12.0 Å². The minimum Gasteiger partial charge on any atom is -0.460 e.